The van der Waals surface area contributed by atoms with E-state index in [0.717, 1.165) is 4.47 Å². The standard InChI is InChI=1S/C15H15BrN2O2/c16-12-4-1-3-11(9-12)15(19)18-13-5-2-6-14(10-13)20-8-7-17/h1-6,9-10H,7-8,17H2,(H,18,19). The molecule has 0 aliphatic carbocycles. The maximum atomic E-state index is 12.1. The molecule has 1 amide bonds. The average Bonchev–Trinajstić information content (AvgIpc) is 2.45. The summed E-state index contributed by atoms with van der Waals surface area (Å²) < 4.78 is 6.28. The first kappa shape index (κ1) is 14.6. The fraction of sp³-hybridized carbons (Fsp3) is 0.133. The summed E-state index contributed by atoms with van der Waals surface area (Å²) in [5, 5.41) is 2.83. The topological polar surface area (TPSA) is 64.3 Å². The number of halogens is 1. The van der Waals surface area contributed by atoms with E-state index in [9.17, 15) is 4.79 Å². The molecule has 0 aromatic heterocycles. The normalized spacial score (nSPS) is 10.1. The van der Waals surface area contributed by atoms with Crippen LogP contribution in [0, 0.1) is 0 Å². The van der Waals surface area contributed by atoms with Crippen molar-refractivity contribution in [3.8, 4) is 5.75 Å². The number of amides is 1. The second kappa shape index (κ2) is 7.07. The van der Waals surface area contributed by atoms with E-state index in [1.807, 2.05) is 30.3 Å². The summed E-state index contributed by atoms with van der Waals surface area (Å²) in [4.78, 5) is 12.1. The Bertz CT molecular complexity index is 602. The molecule has 0 aliphatic heterocycles. The first-order valence-electron chi connectivity index (χ1n) is 6.19. The lowest BCUT2D eigenvalue weighted by Crippen LogP contribution is -2.13. The zero-order valence-corrected chi connectivity index (χ0v) is 12.4. The summed E-state index contributed by atoms with van der Waals surface area (Å²) in [6.07, 6.45) is 0. The van der Waals surface area contributed by atoms with Gasteiger partial charge in [-0.3, -0.25) is 4.79 Å². The SMILES string of the molecule is NCCOc1cccc(NC(=O)c2cccc(Br)c2)c1. The molecule has 0 saturated carbocycles. The lowest BCUT2D eigenvalue weighted by atomic mass is 10.2. The molecule has 0 spiro atoms. The summed E-state index contributed by atoms with van der Waals surface area (Å²) in [6.45, 7) is 0.900. The highest BCUT2D eigenvalue weighted by Gasteiger charge is 2.06. The van der Waals surface area contributed by atoms with Gasteiger partial charge in [0.25, 0.3) is 5.91 Å². The number of benzene rings is 2. The maximum Gasteiger partial charge on any atom is 0.255 e. The molecular weight excluding hydrogens is 320 g/mol. The maximum absolute atomic E-state index is 12.1. The van der Waals surface area contributed by atoms with E-state index in [1.165, 1.54) is 0 Å². The average molecular weight is 335 g/mol. The van der Waals surface area contributed by atoms with E-state index in [-0.39, 0.29) is 5.91 Å². The van der Waals surface area contributed by atoms with Crippen molar-refractivity contribution in [1.82, 2.24) is 0 Å². The molecule has 2 rings (SSSR count). The largest absolute Gasteiger partial charge is 0.492 e. The number of hydrogen-bond acceptors (Lipinski definition) is 3. The van der Waals surface area contributed by atoms with Gasteiger partial charge < -0.3 is 15.8 Å². The Morgan fingerprint density at radius 2 is 2.00 bits per heavy atom. The van der Waals surface area contributed by atoms with Crippen molar-refractivity contribution in [2.45, 2.75) is 0 Å². The minimum atomic E-state index is -0.165. The number of hydrogen-bond donors (Lipinski definition) is 2. The molecule has 0 unspecified atom stereocenters. The van der Waals surface area contributed by atoms with Crippen LogP contribution in [0.2, 0.25) is 0 Å². The summed E-state index contributed by atoms with van der Waals surface area (Å²) in [6, 6.07) is 14.4. The minimum Gasteiger partial charge on any atom is -0.492 e. The van der Waals surface area contributed by atoms with Crippen LogP contribution in [0.25, 0.3) is 0 Å². The lowest BCUT2D eigenvalue weighted by molar-refractivity contribution is 0.102. The Hall–Kier alpha value is -1.85. The zero-order valence-electron chi connectivity index (χ0n) is 10.8. The number of carbonyl (C=O) groups excluding carboxylic acids is 1. The summed E-state index contributed by atoms with van der Waals surface area (Å²) in [5.74, 6) is 0.518. The van der Waals surface area contributed by atoms with Gasteiger partial charge in [-0.25, -0.2) is 0 Å². The van der Waals surface area contributed by atoms with Gasteiger partial charge in [0.15, 0.2) is 0 Å². The summed E-state index contributed by atoms with van der Waals surface area (Å²) in [7, 11) is 0. The van der Waals surface area contributed by atoms with Gasteiger partial charge in [0.05, 0.1) is 0 Å². The number of rotatable bonds is 5. The fourth-order valence-electron chi connectivity index (χ4n) is 1.67. The Labute approximate surface area is 126 Å². The number of anilines is 1. The van der Waals surface area contributed by atoms with E-state index >= 15 is 0 Å². The molecule has 104 valence electrons. The molecule has 0 fully saturated rings. The van der Waals surface area contributed by atoms with Crippen LogP contribution in [0.3, 0.4) is 0 Å². The predicted octanol–water partition coefficient (Wildman–Crippen LogP) is 3.04. The molecule has 2 aromatic rings. The Balaban J connectivity index is 2.07. The van der Waals surface area contributed by atoms with Crippen molar-refractivity contribution >= 4 is 27.5 Å². The van der Waals surface area contributed by atoms with Gasteiger partial charge in [-0.1, -0.05) is 28.1 Å². The van der Waals surface area contributed by atoms with Gasteiger partial charge in [-0.15, -0.1) is 0 Å². The fourth-order valence-corrected chi connectivity index (χ4v) is 2.07. The van der Waals surface area contributed by atoms with Crippen molar-refractivity contribution in [3.63, 3.8) is 0 Å². The van der Waals surface area contributed by atoms with Crippen molar-refractivity contribution in [2.24, 2.45) is 5.73 Å². The molecule has 0 bridgehead atoms. The van der Waals surface area contributed by atoms with Crippen LogP contribution in [0.15, 0.2) is 53.0 Å². The smallest absolute Gasteiger partial charge is 0.255 e. The highest BCUT2D eigenvalue weighted by atomic mass is 79.9. The first-order chi connectivity index (χ1) is 9.69. The summed E-state index contributed by atoms with van der Waals surface area (Å²) in [5.41, 5.74) is 6.66. The second-order valence-corrected chi connectivity index (χ2v) is 5.05. The lowest BCUT2D eigenvalue weighted by Gasteiger charge is -2.08. The van der Waals surface area contributed by atoms with Crippen molar-refractivity contribution in [2.75, 3.05) is 18.5 Å². The molecule has 2 aromatic carbocycles. The van der Waals surface area contributed by atoms with E-state index in [4.69, 9.17) is 10.5 Å². The van der Waals surface area contributed by atoms with Gasteiger partial charge in [0.1, 0.15) is 12.4 Å². The van der Waals surface area contributed by atoms with Crippen LogP contribution in [0.4, 0.5) is 5.69 Å². The molecule has 0 saturated heterocycles. The highest BCUT2D eigenvalue weighted by molar-refractivity contribution is 9.10. The van der Waals surface area contributed by atoms with Crippen LogP contribution in [-0.2, 0) is 0 Å². The third-order valence-electron chi connectivity index (χ3n) is 2.57. The molecule has 3 N–H and O–H groups in total. The van der Waals surface area contributed by atoms with E-state index in [2.05, 4.69) is 21.2 Å². The van der Waals surface area contributed by atoms with Crippen LogP contribution < -0.4 is 15.8 Å². The number of nitrogens with one attached hydrogen (secondary N) is 1. The van der Waals surface area contributed by atoms with E-state index in [0.29, 0.717) is 30.2 Å². The van der Waals surface area contributed by atoms with E-state index < -0.39 is 0 Å². The molecule has 0 aliphatic rings. The van der Waals surface area contributed by atoms with Gasteiger partial charge in [-0.05, 0) is 30.3 Å². The number of carbonyl (C=O) groups is 1. The van der Waals surface area contributed by atoms with Crippen LogP contribution in [0.5, 0.6) is 5.75 Å². The Kier molecular flexibility index (Phi) is 5.15. The van der Waals surface area contributed by atoms with E-state index in [1.54, 1.807) is 18.2 Å². The Morgan fingerprint density at radius 3 is 2.75 bits per heavy atom. The van der Waals surface area contributed by atoms with Crippen molar-refractivity contribution in [1.29, 1.82) is 0 Å². The minimum absolute atomic E-state index is 0.165. The molecule has 4 nitrogen and oxygen atoms in total. The van der Waals surface area contributed by atoms with Gasteiger partial charge >= 0.3 is 0 Å². The number of nitrogens with two attached hydrogens (primary N) is 1. The quantitative estimate of drug-likeness (QED) is 0.883. The molecule has 20 heavy (non-hydrogen) atoms. The zero-order chi connectivity index (χ0) is 14.4. The van der Waals surface area contributed by atoms with Crippen LogP contribution in [0.1, 0.15) is 10.4 Å². The van der Waals surface area contributed by atoms with Gasteiger partial charge in [0, 0.05) is 28.3 Å². The second-order valence-electron chi connectivity index (χ2n) is 4.13. The molecule has 0 radical (unpaired) electrons. The third-order valence-corrected chi connectivity index (χ3v) is 3.06. The molecular formula is C15H15BrN2O2. The van der Waals surface area contributed by atoms with Crippen molar-refractivity contribution in [3.05, 3.63) is 58.6 Å². The number of ether oxygens (including phenoxy) is 1. The van der Waals surface area contributed by atoms with Crippen LogP contribution in [-0.4, -0.2) is 19.1 Å². The Morgan fingerprint density at radius 1 is 1.20 bits per heavy atom. The highest BCUT2D eigenvalue weighted by Crippen LogP contribution is 2.19. The predicted molar refractivity (Wildman–Crippen MR) is 83.1 cm³/mol. The first-order valence-corrected chi connectivity index (χ1v) is 6.98. The molecule has 5 heteroatoms. The van der Waals surface area contributed by atoms with Gasteiger partial charge in [0.2, 0.25) is 0 Å². The molecule has 0 heterocycles. The molecule has 0 atom stereocenters. The third kappa shape index (κ3) is 4.08. The summed E-state index contributed by atoms with van der Waals surface area (Å²) >= 11 is 3.34. The van der Waals surface area contributed by atoms with Crippen molar-refractivity contribution < 1.29 is 9.53 Å². The van der Waals surface area contributed by atoms with Gasteiger partial charge in [-0.2, -0.15) is 0 Å². The monoisotopic (exact) mass is 334 g/mol. The van der Waals surface area contributed by atoms with Crippen LogP contribution >= 0.6 is 15.9 Å².